The van der Waals surface area contributed by atoms with Crippen LogP contribution < -0.4 is 0 Å². The molecule has 0 spiro atoms. The van der Waals surface area contributed by atoms with E-state index in [9.17, 15) is 5.11 Å². The van der Waals surface area contributed by atoms with Crippen LogP contribution in [0.2, 0.25) is 0 Å². The summed E-state index contributed by atoms with van der Waals surface area (Å²) in [6.45, 7) is 8.14. The van der Waals surface area contributed by atoms with Crippen LogP contribution in [-0.4, -0.2) is 11.2 Å². The summed E-state index contributed by atoms with van der Waals surface area (Å²) in [6.07, 6.45) is 4.02. The van der Waals surface area contributed by atoms with Crippen LogP contribution in [0.25, 0.3) is 0 Å². The average Bonchev–Trinajstić information content (AvgIpc) is 2.69. The van der Waals surface area contributed by atoms with Gasteiger partial charge in [0.25, 0.3) is 0 Å². The summed E-state index contributed by atoms with van der Waals surface area (Å²) in [5, 5.41) is 9.69. The molecule has 11 heavy (non-hydrogen) atoms. The Bertz CT molecular complexity index is 156. The zero-order chi connectivity index (χ0) is 8.48. The highest BCUT2D eigenvalue weighted by molar-refractivity contribution is 5.03. The van der Waals surface area contributed by atoms with Crippen molar-refractivity contribution in [3.05, 3.63) is 12.2 Å². The first-order valence-electron chi connectivity index (χ1n) is 4.43. The van der Waals surface area contributed by atoms with Gasteiger partial charge in [-0.05, 0) is 31.1 Å². The minimum absolute atomic E-state index is 0.144. The smallest absolute Gasteiger partial charge is 0.0630 e. The molecule has 0 saturated heterocycles. The molecule has 1 saturated carbocycles. The van der Waals surface area contributed by atoms with Gasteiger partial charge in [0.05, 0.1) is 6.10 Å². The summed E-state index contributed by atoms with van der Waals surface area (Å²) >= 11 is 0. The lowest BCUT2D eigenvalue weighted by atomic mass is 9.95. The summed E-state index contributed by atoms with van der Waals surface area (Å²) in [6, 6.07) is 0. The molecule has 0 aliphatic heterocycles. The fraction of sp³-hybridized carbons (Fsp3) is 0.800. The lowest BCUT2D eigenvalue weighted by Gasteiger charge is -2.17. The standard InChI is InChI=1S/C10H18O/c1-4-8(2)7-9(11)10(3)5-6-10/h9,11H,2,4-7H2,1,3H3. The van der Waals surface area contributed by atoms with Crippen LogP contribution in [0.1, 0.15) is 39.5 Å². The SMILES string of the molecule is C=C(CC)CC(O)C1(C)CC1. The normalized spacial score (nSPS) is 22.8. The van der Waals surface area contributed by atoms with Crippen LogP contribution in [0.15, 0.2) is 12.2 Å². The van der Waals surface area contributed by atoms with Crippen molar-refractivity contribution in [3.63, 3.8) is 0 Å². The van der Waals surface area contributed by atoms with Gasteiger partial charge < -0.3 is 5.11 Å². The van der Waals surface area contributed by atoms with Crippen molar-refractivity contribution in [2.75, 3.05) is 0 Å². The maximum absolute atomic E-state index is 9.69. The Hall–Kier alpha value is -0.300. The number of rotatable bonds is 4. The van der Waals surface area contributed by atoms with E-state index >= 15 is 0 Å². The van der Waals surface area contributed by atoms with E-state index in [1.807, 2.05) is 0 Å². The van der Waals surface area contributed by atoms with Crippen LogP contribution >= 0.6 is 0 Å². The van der Waals surface area contributed by atoms with E-state index in [2.05, 4.69) is 20.4 Å². The van der Waals surface area contributed by atoms with E-state index < -0.39 is 0 Å². The van der Waals surface area contributed by atoms with Crippen molar-refractivity contribution in [2.24, 2.45) is 5.41 Å². The first kappa shape index (κ1) is 8.79. The van der Waals surface area contributed by atoms with E-state index in [-0.39, 0.29) is 11.5 Å². The molecule has 0 aromatic heterocycles. The van der Waals surface area contributed by atoms with E-state index in [0.29, 0.717) is 0 Å². The van der Waals surface area contributed by atoms with Crippen molar-refractivity contribution in [1.29, 1.82) is 0 Å². The van der Waals surface area contributed by atoms with Crippen LogP contribution in [0, 0.1) is 5.41 Å². The molecule has 0 bridgehead atoms. The van der Waals surface area contributed by atoms with Crippen molar-refractivity contribution in [3.8, 4) is 0 Å². The minimum Gasteiger partial charge on any atom is -0.392 e. The Kier molecular flexibility index (Phi) is 2.38. The second-order valence-corrected chi connectivity index (χ2v) is 3.98. The molecule has 0 aromatic rings. The van der Waals surface area contributed by atoms with Crippen molar-refractivity contribution in [1.82, 2.24) is 0 Å². The molecule has 1 atom stereocenters. The largest absolute Gasteiger partial charge is 0.392 e. The van der Waals surface area contributed by atoms with Crippen molar-refractivity contribution < 1.29 is 5.11 Å². The first-order chi connectivity index (χ1) is 5.08. The predicted octanol–water partition coefficient (Wildman–Crippen LogP) is 2.50. The highest BCUT2D eigenvalue weighted by Crippen LogP contribution is 2.49. The maximum atomic E-state index is 9.69. The number of hydrogen-bond acceptors (Lipinski definition) is 1. The van der Waals surface area contributed by atoms with Crippen LogP contribution in [0.5, 0.6) is 0 Å². The summed E-state index contributed by atoms with van der Waals surface area (Å²) in [7, 11) is 0. The highest BCUT2D eigenvalue weighted by Gasteiger charge is 2.43. The summed E-state index contributed by atoms with van der Waals surface area (Å²) in [4.78, 5) is 0. The van der Waals surface area contributed by atoms with Gasteiger partial charge in [0, 0.05) is 0 Å². The molecule has 0 radical (unpaired) electrons. The second kappa shape index (κ2) is 2.98. The molecule has 1 heteroatoms. The Labute approximate surface area is 69.1 Å². The van der Waals surface area contributed by atoms with Gasteiger partial charge in [0.2, 0.25) is 0 Å². The third-order valence-corrected chi connectivity index (χ3v) is 2.83. The van der Waals surface area contributed by atoms with Gasteiger partial charge >= 0.3 is 0 Å². The Balaban J connectivity index is 2.31. The highest BCUT2D eigenvalue weighted by atomic mass is 16.3. The first-order valence-corrected chi connectivity index (χ1v) is 4.43. The van der Waals surface area contributed by atoms with Gasteiger partial charge in [-0.25, -0.2) is 0 Å². The lowest BCUT2D eigenvalue weighted by molar-refractivity contribution is 0.103. The van der Waals surface area contributed by atoms with E-state index in [1.54, 1.807) is 0 Å². The molecule has 0 aromatic carbocycles. The van der Waals surface area contributed by atoms with Crippen molar-refractivity contribution >= 4 is 0 Å². The third kappa shape index (κ3) is 2.06. The molecule has 1 unspecified atom stereocenters. The Morgan fingerprint density at radius 3 is 2.55 bits per heavy atom. The second-order valence-electron chi connectivity index (χ2n) is 3.98. The molecular weight excluding hydrogens is 136 g/mol. The predicted molar refractivity (Wildman–Crippen MR) is 47.4 cm³/mol. The van der Waals surface area contributed by atoms with Gasteiger partial charge in [0.1, 0.15) is 0 Å². The quantitative estimate of drug-likeness (QED) is 0.617. The average molecular weight is 154 g/mol. The fourth-order valence-electron chi connectivity index (χ4n) is 1.19. The summed E-state index contributed by atoms with van der Waals surface area (Å²) in [5.41, 5.74) is 1.41. The molecule has 1 aliphatic rings. The molecule has 64 valence electrons. The third-order valence-electron chi connectivity index (χ3n) is 2.83. The maximum Gasteiger partial charge on any atom is 0.0630 e. The fourth-order valence-corrected chi connectivity index (χ4v) is 1.19. The lowest BCUT2D eigenvalue weighted by Crippen LogP contribution is -2.18. The van der Waals surface area contributed by atoms with E-state index in [0.717, 1.165) is 12.8 Å². The molecule has 1 aliphatic carbocycles. The Morgan fingerprint density at radius 1 is 1.64 bits per heavy atom. The van der Waals surface area contributed by atoms with Gasteiger partial charge in [-0.2, -0.15) is 0 Å². The van der Waals surface area contributed by atoms with Crippen molar-refractivity contribution in [2.45, 2.75) is 45.6 Å². The van der Waals surface area contributed by atoms with Gasteiger partial charge in [0.15, 0.2) is 0 Å². The Morgan fingerprint density at radius 2 is 2.18 bits per heavy atom. The summed E-state index contributed by atoms with van der Waals surface area (Å²) < 4.78 is 0. The molecular formula is C10H18O. The zero-order valence-corrected chi connectivity index (χ0v) is 7.56. The van der Waals surface area contributed by atoms with E-state index in [4.69, 9.17) is 0 Å². The monoisotopic (exact) mass is 154 g/mol. The van der Waals surface area contributed by atoms with Gasteiger partial charge in [-0.3, -0.25) is 0 Å². The summed E-state index contributed by atoms with van der Waals surface area (Å²) in [5.74, 6) is 0. The van der Waals surface area contributed by atoms with Gasteiger partial charge in [-0.15, -0.1) is 0 Å². The molecule has 1 fully saturated rings. The zero-order valence-electron chi connectivity index (χ0n) is 7.56. The van der Waals surface area contributed by atoms with Crippen LogP contribution in [0.3, 0.4) is 0 Å². The topological polar surface area (TPSA) is 20.2 Å². The van der Waals surface area contributed by atoms with Gasteiger partial charge in [-0.1, -0.05) is 26.0 Å². The molecule has 1 N–H and O–H groups in total. The molecule has 1 rings (SSSR count). The van der Waals surface area contributed by atoms with Crippen LogP contribution in [0.4, 0.5) is 0 Å². The number of aliphatic hydroxyl groups excluding tert-OH is 1. The number of hydrogen-bond donors (Lipinski definition) is 1. The molecule has 1 nitrogen and oxygen atoms in total. The molecule has 0 amide bonds. The van der Waals surface area contributed by atoms with Crippen LogP contribution in [-0.2, 0) is 0 Å². The minimum atomic E-state index is -0.144. The van der Waals surface area contributed by atoms with E-state index in [1.165, 1.54) is 18.4 Å². The molecule has 0 heterocycles. The number of aliphatic hydroxyl groups is 1.